The van der Waals surface area contributed by atoms with Crippen molar-refractivity contribution in [2.45, 2.75) is 18.9 Å². The molecule has 0 radical (unpaired) electrons. The fourth-order valence-corrected chi connectivity index (χ4v) is 2.51. The predicted molar refractivity (Wildman–Crippen MR) is 77.4 cm³/mol. The Kier molecular flexibility index (Phi) is 5.38. The summed E-state index contributed by atoms with van der Waals surface area (Å²) in [5, 5.41) is 12.4. The Hall–Kier alpha value is -1.59. The molecule has 20 heavy (non-hydrogen) atoms. The van der Waals surface area contributed by atoms with Gasteiger partial charge in [-0.25, -0.2) is 4.79 Å². The van der Waals surface area contributed by atoms with E-state index in [1.165, 1.54) is 19.4 Å². The van der Waals surface area contributed by atoms with Crippen LogP contribution in [0.2, 0.25) is 0 Å². The topological polar surface area (TPSA) is 61.8 Å². The number of likely N-dealkylation sites (N-methyl/N-ethyl adjacent to an activating group) is 1. The molecule has 1 heterocycles. The van der Waals surface area contributed by atoms with Gasteiger partial charge < -0.3 is 20.1 Å². The van der Waals surface area contributed by atoms with Gasteiger partial charge in [-0.3, -0.25) is 0 Å². The largest absolute Gasteiger partial charge is 0.491 e. The van der Waals surface area contributed by atoms with Crippen LogP contribution in [0, 0.1) is 0 Å². The molecular weight excluding hydrogens is 256 g/mol. The lowest BCUT2D eigenvalue weighted by molar-refractivity contribution is 0.0692. The van der Waals surface area contributed by atoms with Crippen LogP contribution in [-0.2, 0) is 0 Å². The Bertz CT molecular complexity index is 450. The molecular formula is C15H22N2O3. The number of carbonyl (C=O) groups is 1. The maximum absolute atomic E-state index is 11.0. The molecule has 0 bridgehead atoms. The summed E-state index contributed by atoms with van der Waals surface area (Å²) in [7, 11) is 2.15. The summed E-state index contributed by atoms with van der Waals surface area (Å²) in [5.41, 5.74) is 0.211. The summed E-state index contributed by atoms with van der Waals surface area (Å²) in [4.78, 5) is 13.4. The number of ether oxygens (including phenoxy) is 1. The molecule has 5 nitrogen and oxygen atoms in total. The van der Waals surface area contributed by atoms with Crippen LogP contribution in [0.15, 0.2) is 24.3 Å². The molecule has 1 aromatic carbocycles. The molecule has 1 aliphatic rings. The summed E-state index contributed by atoms with van der Waals surface area (Å²) in [6.45, 7) is 3.33. The van der Waals surface area contributed by atoms with Gasteiger partial charge in [0, 0.05) is 19.1 Å². The second kappa shape index (κ2) is 7.26. The molecule has 2 N–H and O–H groups in total. The van der Waals surface area contributed by atoms with Gasteiger partial charge in [-0.2, -0.15) is 0 Å². The maximum Gasteiger partial charge on any atom is 0.339 e. The fourth-order valence-electron chi connectivity index (χ4n) is 2.51. The molecule has 0 aromatic heterocycles. The van der Waals surface area contributed by atoms with Gasteiger partial charge in [-0.15, -0.1) is 0 Å². The number of nitrogens with one attached hydrogen (secondary N) is 1. The van der Waals surface area contributed by atoms with Crippen molar-refractivity contribution in [3.63, 3.8) is 0 Å². The first-order valence-corrected chi connectivity index (χ1v) is 7.04. The Morgan fingerprint density at radius 2 is 2.30 bits per heavy atom. The number of benzene rings is 1. The second-order valence-electron chi connectivity index (χ2n) is 5.13. The average Bonchev–Trinajstić information content (AvgIpc) is 2.84. The molecule has 0 spiro atoms. The van der Waals surface area contributed by atoms with E-state index in [1.807, 2.05) is 0 Å². The van der Waals surface area contributed by atoms with Gasteiger partial charge in [0.2, 0.25) is 0 Å². The quantitative estimate of drug-likeness (QED) is 0.739. The van der Waals surface area contributed by atoms with Crippen molar-refractivity contribution in [3.8, 4) is 5.75 Å². The van der Waals surface area contributed by atoms with Gasteiger partial charge in [0.25, 0.3) is 0 Å². The number of likely N-dealkylation sites (tertiary alicyclic amines) is 1. The van der Waals surface area contributed by atoms with Gasteiger partial charge in [0.15, 0.2) is 0 Å². The van der Waals surface area contributed by atoms with E-state index in [-0.39, 0.29) is 5.56 Å². The lowest BCUT2D eigenvalue weighted by Gasteiger charge is -2.19. The highest BCUT2D eigenvalue weighted by atomic mass is 16.5. The molecule has 2 rings (SSSR count). The van der Waals surface area contributed by atoms with Crippen LogP contribution in [0.25, 0.3) is 0 Å². The fraction of sp³-hybridized carbons (Fsp3) is 0.533. The van der Waals surface area contributed by atoms with Gasteiger partial charge in [-0.05, 0) is 38.6 Å². The van der Waals surface area contributed by atoms with Crippen molar-refractivity contribution in [2.24, 2.45) is 0 Å². The van der Waals surface area contributed by atoms with Gasteiger partial charge in [0.1, 0.15) is 17.9 Å². The van der Waals surface area contributed by atoms with Crippen molar-refractivity contribution in [1.29, 1.82) is 0 Å². The van der Waals surface area contributed by atoms with Crippen LogP contribution < -0.4 is 10.1 Å². The van der Waals surface area contributed by atoms with Crippen LogP contribution in [0.1, 0.15) is 23.2 Å². The first-order chi connectivity index (χ1) is 9.68. The second-order valence-corrected chi connectivity index (χ2v) is 5.13. The number of carboxylic acid groups (broad SMARTS) is 1. The van der Waals surface area contributed by atoms with E-state index < -0.39 is 5.97 Å². The standard InChI is InChI=1S/C15H22N2O3/c1-17-9-4-5-12(17)11-16-8-10-20-14-7-3-2-6-13(14)15(18)19/h2-3,6-7,12,16H,4-5,8-11H2,1H3,(H,18,19). The monoisotopic (exact) mass is 278 g/mol. The number of para-hydroxylation sites is 1. The van der Waals surface area contributed by atoms with Gasteiger partial charge in [0.05, 0.1) is 0 Å². The van der Waals surface area contributed by atoms with Gasteiger partial charge in [-0.1, -0.05) is 12.1 Å². The van der Waals surface area contributed by atoms with E-state index in [2.05, 4.69) is 17.3 Å². The lowest BCUT2D eigenvalue weighted by atomic mass is 10.2. The highest BCUT2D eigenvalue weighted by molar-refractivity contribution is 5.90. The number of aromatic carboxylic acids is 1. The van der Waals surface area contributed by atoms with E-state index >= 15 is 0 Å². The lowest BCUT2D eigenvalue weighted by Crippen LogP contribution is -2.36. The molecule has 1 aromatic rings. The molecule has 0 saturated carbocycles. The van der Waals surface area contributed by atoms with Crippen molar-refractivity contribution >= 4 is 5.97 Å². The normalized spacial score (nSPS) is 19.1. The van der Waals surface area contributed by atoms with Gasteiger partial charge >= 0.3 is 5.97 Å². The zero-order valence-electron chi connectivity index (χ0n) is 11.8. The minimum Gasteiger partial charge on any atom is -0.491 e. The van der Waals surface area contributed by atoms with Crippen LogP contribution in [0.4, 0.5) is 0 Å². The van der Waals surface area contributed by atoms with Crippen molar-refractivity contribution in [2.75, 3.05) is 33.3 Å². The zero-order valence-corrected chi connectivity index (χ0v) is 11.8. The number of nitrogens with zero attached hydrogens (tertiary/aromatic N) is 1. The van der Waals surface area contributed by atoms with E-state index in [1.54, 1.807) is 24.3 Å². The first-order valence-electron chi connectivity index (χ1n) is 7.04. The van der Waals surface area contributed by atoms with Crippen molar-refractivity contribution in [3.05, 3.63) is 29.8 Å². The van der Waals surface area contributed by atoms with Crippen LogP contribution in [0.3, 0.4) is 0 Å². The molecule has 5 heteroatoms. The minimum absolute atomic E-state index is 0.211. The first kappa shape index (κ1) is 14.8. The Balaban J connectivity index is 1.70. The molecule has 1 unspecified atom stereocenters. The smallest absolute Gasteiger partial charge is 0.339 e. The molecule has 1 atom stereocenters. The Labute approximate surface area is 119 Å². The van der Waals surface area contributed by atoms with E-state index in [0.717, 1.165) is 13.1 Å². The number of carboxylic acids is 1. The average molecular weight is 278 g/mol. The van der Waals surface area contributed by atoms with Crippen LogP contribution in [0.5, 0.6) is 5.75 Å². The third kappa shape index (κ3) is 3.95. The maximum atomic E-state index is 11.0. The van der Waals surface area contributed by atoms with E-state index in [0.29, 0.717) is 18.4 Å². The summed E-state index contributed by atoms with van der Waals surface area (Å²) < 4.78 is 5.53. The number of hydrogen-bond acceptors (Lipinski definition) is 4. The summed E-state index contributed by atoms with van der Waals surface area (Å²) in [6.07, 6.45) is 2.51. The summed E-state index contributed by atoms with van der Waals surface area (Å²) >= 11 is 0. The Morgan fingerprint density at radius 3 is 3.00 bits per heavy atom. The highest BCUT2D eigenvalue weighted by Gasteiger charge is 2.19. The predicted octanol–water partition coefficient (Wildman–Crippen LogP) is 1.45. The summed E-state index contributed by atoms with van der Waals surface area (Å²) in [6, 6.07) is 7.33. The number of hydrogen-bond donors (Lipinski definition) is 2. The SMILES string of the molecule is CN1CCCC1CNCCOc1ccccc1C(=O)O. The molecule has 1 fully saturated rings. The van der Waals surface area contributed by atoms with E-state index in [4.69, 9.17) is 9.84 Å². The van der Waals surface area contributed by atoms with Crippen molar-refractivity contribution < 1.29 is 14.6 Å². The highest BCUT2D eigenvalue weighted by Crippen LogP contribution is 2.17. The molecule has 1 aliphatic heterocycles. The van der Waals surface area contributed by atoms with Crippen molar-refractivity contribution in [1.82, 2.24) is 10.2 Å². The van der Waals surface area contributed by atoms with Crippen LogP contribution >= 0.6 is 0 Å². The molecule has 1 saturated heterocycles. The third-order valence-corrected chi connectivity index (χ3v) is 3.71. The van der Waals surface area contributed by atoms with Crippen LogP contribution in [-0.4, -0.2) is 55.3 Å². The summed E-state index contributed by atoms with van der Waals surface area (Å²) in [5.74, 6) is -0.527. The zero-order chi connectivity index (χ0) is 14.4. The molecule has 110 valence electrons. The third-order valence-electron chi connectivity index (χ3n) is 3.71. The Morgan fingerprint density at radius 1 is 1.50 bits per heavy atom. The minimum atomic E-state index is -0.957. The molecule has 0 amide bonds. The number of rotatable bonds is 7. The molecule has 0 aliphatic carbocycles. The van der Waals surface area contributed by atoms with E-state index in [9.17, 15) is 4.79 Å².